The predicted octanol–water partition coefficient (Wildman–Crippen LogP) is 6.72. The average Bonchev–Trinajstić information content (AvgIpc) is 3.02. The molecule has 3 saturated carbocycles. The van der Waals surface area contributed by atoms with Crippen LogP contribution in [0.15, 0.2) is 11.6 Å². The topological polar surface area (TPSA) is 37.3 Å². The molecular weight excluding hydrogens is 479 g/mol. The molecule has 4 aliphatic carbocycles. The van der Waals surface area contributed by atoms with E-state index in [-0.39, 0.29) is 42.0 Å². The molecule has 194 valence electrons. The highest BCUT2D eigenvalue weighted by Crippen LogP contribution is 2.67. The molecule has 2 nitrogen and oxygen atoms in total. The third-order valence-electron chi connectivity index (χ3n) is 9.57. The second-order valence-electron chi connectivity index (χ2n) is 11.1. The minimum atomic E-state index is -7.04. The Kier molecular flexibility index (Phi) is 5.43. The van der Waals surface area contributed by atoms with Crippen LogP contribution in [0.1, 0.15) is 65.2 Å². The van der Waals surface area contributed by atoms with Crippen LogP contribution in [0.25, 0.3) is 0 Å². The van der Waals surface area contributed by atoms with Gasteiger partial charge in [0, 0.05) is 11.8 Å². The summed E-state index contributed by atoms with van der Waals surface area (Å²) in [6.45, 7) is 3.68. The highest BCUT2D eigenvalue weighted by molar-refractivity contribution is 5.87. The maximum absolute atomic E-state index is 14.7. The molecule has 0 heterocycles. The molecule has 0 aromatic rings. The lowest BCUT2D eigenvalue weighted by Crippen LogP contribution is -2.69. The molecular formula is C23H27F9O2. The lowest BCUT2D eigenvalue weighted by Gasteiger charge is -2.58. The second kappa shape index (κ2) is 7.16. The van der Waals surface area contributed by atoms with Gasteiger partial charge in [-0.15, -0.1) is 0 Å². The van der Waals surface area contributed by atoms with Crippen molar-refractivity contribution in [3.8, 4) is 0 Å². The molecule has 0 aliphatic heterocycles. The normalized spacial score (nSPS) is 41.5. The number of hydrogen-bond donors (Lipinski definition) is 1. The summed E-state index contributed by atoms with van der Waals surface area (Å²) in [6, 6.07) is 0. The summed E-state index contributed by atoms with van der Waals surface area (Å²) in [4.78, 5) is 12.5. The van der Waals surface area contributed by atoms with Crippen LogP contribution >= 0.6 is 0 Å². The molecule has 0 saturated heterocycles. The van der Waals surface area contributed by atoms with Crippen LogP contribution in [0.4, 0.5) is 39.5 Å². The molecule has 0 unspecified atom stereocenters. The fourth-order valence-corrected chi connectivity index (χ4v) is 7.39. The second-order valence-corrected chi connectivity index (χ2v) is 11.1. The van der Waals surface area contributed by atoms with Crippen LogP contribution < -0.4 is 0 Å². The molecule has 4 rings (SSSR count). The minimum absolute atomic E-state index is 0.0788. The highest BCUT2D eigenvalue weighted by Gasteiger charge is 2.85. The Morgan fingerprint density at radius 2 is 1.38 bits per heavy atom. The standard InChI is InChI=1S/C23H27F9O2/c1-17-9-10-19(34,20(24,25)21(26,27)22(28,29)23(30,31)32)11-12(17)3-4-13-14-5-6-16(33)18(14,2)8-7-15(13)17/h11,13-15,34H,3-10H2,1-2H3/t13-,14-,15-,17-,18-,19-/m0/s1. The van der Waals surface area contributed by atoms with Crippen molar-refractivity contribution >= 4 is 5.78 Å². The van der Waals surface area contributed by atoms with Crippen LogP contribution in [0.5, 0.6) is 0 Å². The van der Waals surface area contributed by atoms with Crippen molar-refractivity contribution in [2.75, 3.05) is 0 Å². The Labute approximate surface area is 191 Å². The molecule has 6 atom stereocenters. The number of halogens is 9. The van der Waals surface area contributed by atoms with Gasteiger partial charge in [0.05, 0.1) is 0 Å². The molecule has 11 heteroatoms. The smallest absolute Gasteiger partial charge is 0.379 e. The van der Waals surface area contributed by atoms with E-state index in [1.165, 1.54) is 0 Å². The van der Waals surface area contributed by atoms with Gasteiger partial charge in [0.25, 0.3) is 0 Å². The van der Waals surface area contributed by atoms with E-state index in [1.54, 1.807) is 6.92 Å². The first kappa shape index (κ1) is 25.8. The largest absolute Gasteiger partial charge is 0.460 e. The van der Waals surface area contributed by atoms with Crippen molar-refractivity contribution < 1.29 is 49.4 Å². The third kappa shape index (κ3) is 3.03. The van der Waals surface area contributed by atoms with E-state index in [1.807, 2.05) is 6.92 Å². The van der Waals surface area contributed by atoms with E-state index >= 15 is 0 Å². The highest BCUT2D eigenvalue weighted by atomic mass is 19.4. The van der Waals surface area contributed by atoms with Gasteiger partial charge in [0.2, 0.25) is 0 Å². The molecule has 0 spiro atoms. The summed E-state index contributed by atoms with van der Waals surface area (Å²) in [5, 5.41) is 10.5. The number of carbonyl (C=O) groups excluding carboxylic acids is 1. The van der Waals surface area contributed by atoms with E-state index in [2.05, 4.69) is 0 Å². The number of ketones is 1. The van der Waals surface area contributed by atoms with Crippen LogP contribution in [0, 0.1) is 28.6 Å². The molecule has 0 aromatic carbocycles. The SMILES string of the molecule is C[C@]12CC[C@@](O)(C(F)(F)C(F)(F)C(F)(F)C(F)(F)F)C=C1CC[C@@H]1[C@@H]2CC[C@]2(C)C(=O)CC[C@@H]12. The van der Waals surface area contributed by atoms with Crippen LogP contribution in [-0.4, -0.2) is 40.4 Å². The lowest BCUT2D eigenvalue weighted by molar-refractivity contribution is -0.413. The summed E-state index contributed by atoms with van der Waals surface area (Å²) >= 11 is 0. The van der Waals surface area contributed by atoms with Gasteiger partial charge in [-0.1, -0.05) is 19.4 Å². The van der Waals surface area contributed by atoms with Crippen LogP contribution in [-0.2, 0) is 4.79 Å². The maximum atomic E-state index is 14.7. The average molecular weight is 506 g/mol. The van der Waals surface area contributed by atoms with E-state index in [0.29, 0.717) is 38.2 Å². The molecule has 0 aromatic heterocycles. The lowest BCUT2D eigenvalue weighted by atomic mass is 9.46. The van der Waals surface area contributed by atoms with Crippen molar-refractivity contribution in [3.63, 3.8) is 0 Å². The maximum Gasteiger partial charge on any atom is 0.460 e. The van der Waals surface area contributed by atoms with Gasteiger partial charge in [0.1, 0.15) is 5.78 Å². The van der Waals surface area contributed by atoms with E-state index in [9.17, 15) is 49.4 Å². The number of carbonyl (C=O) groups is 1. The third-order valence-corrected chi connectivity index (χ3v) is 9.57. The molecule has 0 bridgehead atoms. The van der Waals surface area contributed by atoms with Crippen molar-refractivity contribution in [3.05, 3.63) is 11.6 Å². The number of aliphatic hydroxyl groups is 1. The zero-order valence-electron chi connectivity index (χ0n) is 18.7. The summed E-state index contributed by atoms with van der Waals surface area (Å²) in [7, 11) is 0. The summed E-state index contributed by atoms with van der Waals surface area (Å²) in [5.41, 5.74) is -4.95. The Bertz CT molecular complexity index is 911. The van der Waals surface area contributed by atoms with Gasteiger partial charge in [-0.25, -0.2) is 0 Å². The van der Waals surface area contributed by atoms with Gasteiger partial charge < -0.3 is 5.11 Å². The van der Waals surface area contributed by atoms with Gasteiger partial charge in [-0.3, -0.25) is 4.79 Å². The first-order valence-corrected chi connectivity index (χ1v) is 11.4. The van der Waals surface area contributed by atoms with Crippen molar-refractivity contribution in [1.29, 1.82) is 0 Å². The number of fused-ring (bicyclic) bond motifs is 5. The molecule has 0 radical (unpaired) electrons. The number of Topliss-reactive ketones (excluding diaryl/α,β-unsaturated/α-hetero) is 1. The number of rotatable bonds is 3. The number of hydrogen-bond acceptors (Lipinski definition) is 2. The van der Waals surface area contributed by atoms with Gasteiger partial charge in [-0.2, -0.15) is 39.5 Å². The van der Waals surface area contributed by atoms with Gasteiger partial charge >= 0.3 is 23.9 Å². The predicted molar refractivity (Wildman–Crippen MR) is 103 cm³/mol. The summed E-state index contributed by atoms with van der Waals surface area (Å²) in [6.07, 6.45) is -4.99. The van der Waals surface area contributed by atoms with Crippen LogP contribution in [0.3, 0.4) is 0 Å². The molecule has 34 heavy (non-hydrogen) atoms. The first-order valence-electron chi connectivity index (χ1n) is 11.4. The first-order chi connectivity index (χ1) is 15.3. The summed E-state index contributed by atoms with van der Waals surface area (Å²) < 4.78 is 122. The zero-order valence-corrected chi connectivity index (χ0v) is 18.7. The Morgan fingerprint density at radius 1 is 0.794 bits per heavy atom. The van der Waals surface area contributed by atoms with Gasteiger partial charge in [-0.05, 0) is 74.2 Å². The molecule has 1 N–H and O–H groups in total. The van der Waals surface area contributed by atoms with Gasteiger partial charge in [0.15, 0.2) is 5.60 Å². The van der Waals surface area contributed by atoms with Crippen molar-refractivity contribution in [2.24, 2.45) is 28.6 Å². The fourth-order valence-electron chi connectivity index (χ4n) is 7.39. The summed E-state index contributed by atoms with van der Waals surface area (Å²) in [5.74, 6) is -19.7. The fraction of sp³-hybridized carbons (Fsp3) is 0.870. The quantitative estimate of drug-likeness (QED) is 0.341. The Hall–Kier alpha value is -1.26. The zero-order chi connectivity index (χ0) is 25.8. The van der Waals surface area contributed by atoms with Crippen molar-refractivity contribution in [2.45, 2.75) is 94.8 Å². The molecule has 0 amide bonds. The number of alkyl halides is 9. The van der Waals surface area contributed by atoms with E-state index in [0.717, 1.165) is 0 Å². The van der Waals surface area contributed by atoms with E-state index < -0.39 is 46.8 Å². The number of allylic oxidation sites excluding steroid dienone is 1. The van der Waals surface area contributed by atoms with Crippen LogP contribution in [0.2, 0.25) is 0 Å². The van der Waals surface area contributed by atoms with E-state index in [4.69, 9.17) is 0 Å². The molecule has 4 aliphatic rings. The Morgan fingerprint density at radius 3 is 1.97 bits per heavy atom. The molecule has 3 fully saturated rings. The Balaban J connectivity index is 1.68. The van der Waals surface area contributed by atoms with Crippen molar-refractivity contribution in [1.82, 2.24) is 0 Å². The monoisotopic (exact) mass is 506 g/mol. The minimum Gasteiger partial charge on any atom is -0.379 e.